The molecule has 4 rings (SSSR count). The Morgan fingerprint density at radius 3 is 2.15 bits per heavy atom. The summed E-state index contributed by atoms with van der Waals surface area (Å²) in [5.74, 6) is -1.35. The Balaban J connectivity index is 1.44. The lowest BCUT2D eigenvalue weighted by Crippen LogP contribution is -2.36. The van der Waals surface area contributed by atoms with Crippen LogP contribution in [0.25, 0.3) is 0 Å². The van der Waals surface area contributed by atoms with Gasteiger partial charge in [0, 0.05) is 31.9 Å². The number of fused-ring (bicyclic) bond motifs is 1. The van der Waals surface area contributed by atoms with E-state index in [1.165, 1.54) is 24.5 Å². The number of sulfone groups is 1. The molecule has 0 bridgehead atoms. The molecule has 0 saturated carbocycles. The summed E-state index contributed by atoms with van der Waals surface area (Å²) in [4.78, 5) is 42.6. The van der Waals surface area contributed by atoms with Gasteiger partial charge in [0.2, 0.25) is 5.91 Å². The lowest BCUT2D eigenvalue weighted by Gasteiger charge is -2.19. The number of hydrogen-bond acceptors (Lipinski definition) is 6. The fourth-order valence-corrected chi connectivity index (χ4v) is 5.36. The van der Waals surface area contributed by atoms with E-state index in [0.717, 1.165) is 4.90 Å². The lowest BCUT2D eigenvalue weighted by atomic mass is 10.1. The fourth-order valence-electron chi connectivity index (χ4n) is 3.70. The van der Waals surface area contributed by atoms with Crippen molar-refractivity contribution in [2.45, 2.75) is 16.6 Å². The van der Waals surface area contributed by atoms with Gasteiger partial charge in [-0.1, -0.05) is 36.4 Å². The van der Waals surface area contributed by atoms with E-state index < -0.39 is 32.8 Å². The van der Waals surface area contributed by atoms with Crippen LogP contribution in [0.3, 0.4) is 0 Å². The molecule has 1 aromatic heterocycles. The maximum Gasteiger partial charge on any atom is 0.261 e. The average molecular weight is 464 g/mol. The molecule has 0 radical (unpaired) electrons. The number of benzene rings is 2. The minimum absolute atomic E-state index is 0.0961. The van der Waals surface area contributed by atoms with E-state index >= 15 is 0 Å². The molecule has 1 unspecified atom stereocenters. The van der Waals surface area contributed by atoms with Gasteiger partial charge in [0.25, 0.3) is 11.8 Å². The zero-order valence-corrected chi connectivity index (χ0v) is 18.4. The van der Waals surface area contributed by atoms with Gasteiger partial charge in [-0.05, 0) is 35.9 Å². The smallest absolute Gasteiger partial charge is 0.261 e. The zero-order valence-electron chi connectivity index (χ0n) is 17.5. The Morgan fingerprint density at radius 1 is 0.909 bits per heavy atom. The number of imide groups is 1. The van der Waals surface area contributed by atoms with Crippen molar-refractivity contribution in [1.82, 2.24) is 15.2 Å². The molecular formula is C24H21N3O5S. The number of nitrogens with one attached hydrogen (secondary N) is 1. The summed E-state index contributed by atoms with van der Waals surface area (Å²) in [6, 6.07) is 17.8. The van der Waals surface area contributed by atoms with Crippen molar-refractivity contribution < 1.29 is 22.8 Å². The highest BCUT2D eigenvalue weighted by molar-refractivity contribution is 7.91. The predicted octanol–water partition coefficient (Wildman–Crippen LogP) is 2.40. The number of carbonyl (C=O) groups excluding carboxylic acids is 3. The van der Waals surface area contributed by atoms with E-state index in [9.17, 15) is 22.8 Å². The molecule has 33 heavy (non-hydrogen) atoms. The van der Waals surface area contributed by atoms with Gasteiger partial charge in [0.1, 0.15) is 5.25 Å². The molecule has 0 aliphatic carbocycles. The molecule has 3 aromatic rings. The second-order valence-corrected chi connectivity index (χ2v) is 9.63. The van der Waals surface area contributed by atoms with Gasteiger partial charge in [0.15, 0.2) is 9.84 Å². The van der Waals surface area contributed by atoms with E-state index in [2.05, 4.69) is 10.3 Å². The third-order valence-corrected chi connectivity index (χ3v) is 7.54. The van der Waals surface area contributed by atoms with Gasteiger partial charge in [-0.3, -0.25) is 24.3 Å². The van der Waals surface area contributed by atoms with Crippen LogP contribution >= 0.6 is 0 Å². The van der Waals surface area contributed by atoms with Crippen LogP contribution in [-0.4, -0.2) is 49.1 Å². The summed E-state index contributed by atoms with van der Waals surface area (Å²) >= 11 is 0. The maximum atomic E-state index is 13.2. The predicted molar refractivity (Wildman–Crippen MR) is 120 cm³/mol. The first-order valence-corrected chi connectivity index (χ1v) is 11.8. The average Bonchev–Trinajstić information content (AvgIpc) is 3.08. The van der Waals surface area contributed by atoms with Crippen LogP contribution in [0.15, 0.2) is 84.0 Å². The van der Waals surface area contributed by atoms with Crippen molar-refractivity contribution in [3.8, 4) is 0 Å². The van der Waals surface area contributed by atoms with E-state index in [1.807, 2.05) is 0 Å². The van der Waals surface area contributed by atoms with Crippen molar-refractivity contribution in [3.05, 3.63) is 95.8 Å². The molecule has 2 heterocycles. The first-order chi connectivity index (χ1) is 15.9. The van der Waals surface area contributed by atoms with E-state index in [1.54, 1.807) is 54.6 Å². The highest BCUT2D eigenvalue weighted by atomic mass is 32.2. The first-order valence-electron chi connectivity index (χ1n) is 10.3. The second kappa shape index (κ2) is 9.33. The molecule has 0 spiro atoms. The van der Waals surface area contributed by atoms with Gasteiger partial charge in [-0.25, -0.2) is 8.42 Å². The largest absolute Gasteiger partial charge is 0.354 e. The highest BCUT2D eigenvalue weighted by Gasteiger charge is 2.35. The molecule has 168 valence electrons. The Morgan fingerprint density at radius 2 is 1.55 bits per heavy atom. The number of rotatable bonds is 8. The Bertz CT molecular complexity index is 1260. The van der Waals surface area contributed by atoms with Crippen LogP contribution in [0.1, 0.15) is 38.0 Å². The summed E-state index contributed by atoms with van der Waals surface area (Å²) in [6.07, 6.45) is 2.85. The number of aromatic nitrogens is 1. The van der Waals surface area contributed by atoms with E-state index in [4.69, 9.17) is 0 Å². The molecule has 3 amide bonds. The third kappa shape index (κ3) is 4.54. The molecule has 0 saturated heterocycles. The van der Waals surface area contributed by atoms with E-state index in [0.29, 0.717) is 16.7 Å². The number of carbonyl (C=O) groups is 3. The van der Waals surface area contributed by atoms with Gasteiger partial charge in [0.05, 0.1) is 16.0 Å². The zero-order chi connectivity index (χ0) is 23.4. The number of amides is 3. The van der Waals surface area contributed by atoms with Crippen molar-refractivity contribution in [1.29, 1.82) is 0 Å². The number of nitrogens with zero attached hydrogens (tertiary/aromatic N) is 2. The first kappa shape index (κ1) is 22.3. The molecular weight excluding hydrogens is 442 g/mol. The summed E-state index contributed by atoms with van der Waals surface area (Å²) in [7, 11) is -3.81. The topological polar surface area (TPSA) is 114 Å². The minimum atomic E-state index is -3.81. The molecule has 1 atom stereocenters. The van der Waals surface area contributed by atoms with Crippen LogP contribution < -0.4 is 5.32 Å². The monoisotopic (exact) mass is 463 g/mol. The lowest BCUT2D eigenvalue weighted by molar-refractivity contribution is -0.121. The van der Waals surface area contributed by atoms with Crippen LogP contribution in [-0.2, 0) is 14.6 Å². The molecule has 1 N–H and O–H groups in total. The molecule has 8 nitrogen and oxygen atoms in total. The fraction of sp³-hybridized carbons (Fsp3) is 0.167. The maximum absolute atomic E-state index is 13.2. The van der Waals surface area contributed by atoms with Gasteiger partial charge in [-0.2, -0.15) is 0 Å². The summed E-state index contributed by atoms with van der Waals surface area (Å²) in [6.45, 7) is -0.273. The van der Waals surface area contributed by atoms with Crippen LogP contribution in [0, 0.1) is 0 Å². The molecule has 9 heteroatoms. The van der Waals surface area contributed by atoms with Crippen molar-refractivity contribution in [2.75, 3.05) is 13.1 Å². The third-order valence-electron chi connectivity index (χ3n) is 5.43. The summed E-state index contributed by atoms with van der Waals surface area (Å²) in [5.41, 5.74) is 1.07. The number of hydrogen-bond donors (Lipinski definition) is 1. The van der Waals surface area contributed by atoms with Gasteiger partial charge in [-0.15, -0.1) is 0 Å². The molecule has 1 aliphatic rings. The van der Waals surface area contributed by atoms with Crippen LogP contribution in [0.4, 0.5) is 0 Å². The molecule has 2 aromatic carbocycles. The quantitative estimate of drug-likeness (QED) is 0.513. The Kier molecular flexibility index (Phi) is 6.32. The second-order valence-electron chi connectivity index (χ2n) is 7.49. The SMILES string of the molecule is O=C(CCN1C(=O)c2ccccc2C1=O)NCC(c1cccnc1)S(=O)(=O)c1ccccc1. The van der Waals surface area contributed by atoms with E-state index in [-0.39, 0.29) is 24.4 Å². The molecule has 0 fully saturated rings. The Labute approximate surface area is 191 Å². The molecule has 1 aliphatic heterocycles. The standard InChI is InChI=1S/C24H21N3O5S/c28-22(12-14-27-23(29)19-10-4-5-11-20(19)24(27)30)26-16-21(17-7-6-13-25-15-17)33(31,32)18-8-2-1-3-9-18/h1-11,13,15,21H,12,14,16H2,(H,26,28). The minimum Gasteiger partial charge on any atom is -0.354 e. The van der Waals surface area contributed by atoms with Crippen molar-refractivity contribution >= 4 is 27.6 Å². The van der Waals surface area contributed by atoms with Crippen LogP contribution in [0.2, 0.25) is 0 Å². The van der Waals surface area contributed by atoms with Crippen LogP contribution in [0.5, 0.6) is 0 Å². The normalized spacial score (nSPS) is 14.1. The summed E-state index contributed by atoms with van der Waals surface area (Å²) < 4.78 is 26.5. The van der Waals surface area contributed by atoms with Gasteiger partial charge < -0.3 is 5.32 Å². The van der Waals surface area contributed by atoms with Gasteiger partial charge >= 0.3 is 0 Å². The Hall–Kier alpha value is -3.85. The van der Waals surface area contributed by atoms with Crippen molar-refractivity contribution in [2.24, 2.45) is 0 Å². The van der Waals surface area contributed by atoms with Crippen molar-refractivity contribution in [3.63, 3.8) is 0 Å². The number of pyridine rings is 1. The summed E-state index contributed by atoms with van der Waals surface area (Å²) in [5, 5.41) is 1.59. The highest BCUT2D eigenvalue weighted by Crippen LogP contribution is 2.28.